The Bertz CT molecular complexity index is 1210. The zero-order valence-corrected chi connectivity index (χ0v) is 29.2. The number of aliphatic hydroxyl groups excluding tert-OH is 17. The Labute approximate surface area is 316 Å². The summed E-state index contributed by atoms with van der Waals surface area (Å²) in [5.41, 5.74) is 0. The van der Waals surface area contributed by atoms with Crippen LogP contribution in [-0.2, 0) is 42.6 Å². The molecule has 0 bridgehead atoms. The SMILES string of the molecule is OC[C@H]1O[C@@H](O[C@@H]2[C@H](O[C@@H]3[C@H](O[C@@H]4[C@@H](O[C@@H]5C(O)O[C@H](CO)[C@@H](O)[C@@H]5O)O[C@H](CO)[C@@H](O)[C@@H]4O)O[C@H](CO)[C@@H](O)[C@@H]3O)O[C@H](CO)[C@@H](O)[C@@H]2O)[C@@H](O)[C@@H](O)[C@@H]1O. The lowest BCUT2D eigenvalue weighted by atomic mass is 9.95. The maximum atomic E-state index is 11.3. The minimum Gasteiger partial charge on any atom is -0.394 e. The van der Waals surface area contributed by atoms with E-state index in [0.717, 1.165) is 0 Å². The van der Waals surface area contributed by atoms with E-state index in [-0.39, 0.29) is 0 Å². The molecule has 0 aromatic rings. The molecule has 26 heteroatoms. The van der Waals surface area contributed by atoms with Crippen LogP contribution >= 0.6 is 0 Å². The molecule has 5 fully saturated rings. The van der Waals surface area contributed by atoms with Crippen LogP contribution in [0.4, 0.5) is 0 Å². The van der Waals surface area contributed by atoms with Crippen molar-refractivity contribution in [2.45, 2.75) is 154 Å². The third-order valence-corrected chi connectivity index (χ3v) is 10.3. The van der Waals surface area contributed by atoms with Crippen LogP contribution < -0.4 is 0 Å². The summed E-state index contributed by atoms with van der Waals surface area (Å²) >= 11 is 0. The monoisotopic (exact) mass is 828 g/mol. The largest absolute Gasteiger partial charge is 0.394 e. The Hall–Kier alpha value is -1.04. The van der Waals surface area contributed by atoms with Gasteiger partial charge in [0.2, 0.25) is 0 Å². The highest BCUT2D eigenvalue weighted by Crippen LogP contribution is 2.36. The molecule has 0 aliphatic carbocycles. The van der Waals surface area contributed by atoms with E-state index in [2.05, 4.69) is 0 Å². The predicted molar refractivity (Wildman–Crippen MR) is 167 cm³/mol. The molecule has 25 atom stereocenters. The van der Waals surface area contributed by atoms with Gasteiger partial charge in [0, 0.05) is 0 Å². The Morgan fingerprint density at radius 2 is 0.518 bits per heavy atom. The van der Waals surface area contributed by atoms with Crippen molar-refractivity contribution in [1.82, 2.24) is 0 Å². The van der Waals surface area contributed by atoms with Crippen LogP contribution in [0.15, 0.2) is 0 Å². The summed E-state index contributed by atoms with van der Waals surface area (Å²) in [7, 11) is 0. The van der Waals surface area contributed by atoms with Crippen molar-refractivity contribution < 1.29 is 129 Å². The van der Waals surface area contributed by atoms with Gasteiger partial charge in [-0.05, 0) is 0 Å². The average Bonchev–Trinajstić information content (AvgIpc) is 3.19. The number of hydrogen-bond acceptors (Lipinski definition) is 26. The Kier molecular flexibility index (Phi) is 16.1. The maximum absolute atomic E-state index is 11.3. The standard InChI is InChI=1S/C30H52O26/c31-1-6-12(37)17(42)22(26(47)48-6)53-28-24(19(44)14(39)8(3-33)50-28)55-30-25(20(45)15(40)10(5-35)52-30)56-29-23(18(43)13(38)9(4-34)51-29)54-27-21(46)16(41)11(36)7(2-32)49-27/h6-47H,1-5H2/t6-,7-,8-,9-,10-,11-,12-,13-,14-,15-,16+,17+,18+,19+,20+,21+,22+,23+,24+,25+,26?,27+,28-,29+,30+/m1/s1. The number of aliphatic hydroxyl groups is 17. The molecule has 5 saturated heterocycles. The van der Waals surface area contributed by atoms with Crippen LogP contribution in [0.1, 0.15) is 0 Å². The van der Waals surface area contributed by atoms with Crippen molar-refractivity contribution in [3.8, 4) is 0 Å². The van der Waals surface area contributed by atoms with Crippen LogP contribution in [0.3, 0.4) is 0 Å². The van der Waals surface area contributed by atoms with E-state index in [1.165, 1.54) is 0 Å². The van der Waals surface area contributed by atoms with Crippen molar-refractivity contribution in [3.63, 3.8) is 0 Å². The highest BCUT2D eigenvalue weighted by atomic mass is 16.8. The van der Waals surface area contributed by atoms with Crippen molar-refractivity contribution in [2.75, 3.05) is 33.0 Å². The first-order chi connectivity index (χ1) is 26.5. The number of rotatable bonds is 13. The average molecular weight is 829 g/mol. The molecule has 5 rings (SSSR count). The molecule has 5 aliphatic rings. The van der Waals surface area contributed by atoms with Gasteiger partial charge in [-0.2, -0.15) is 0 Å². The molecule has 5 heterocycles. The fourth-order valence-electron chi connectivity index (χ4n) is 6.95. The topological polar surface area (TPSA) is 427 Å². The van der Waals surface area contributed by atoms with E-state index in [9.17, 15) is 86.8 Å². The van der Waals surface area contributed by atoms with Crippen LogP contribution in [0, 0.1) is 0 Å². The lowest BCUT2D eigenvalue weighted by Gasteiger charge is -2.50. The zero-order chi connectivity index (χ0) is 41.3. The summed E-state index contributed by atoms with van der Waals surface area (Å²) in [6.07, 6.45) is -48.2. The molecular weight excluding hydrogens is 776 g/mol. The molecule has 0 saturated carbocycles. The fraction of sp³-hybridized carbons (Fsp3) is 1.00. The van der Waals surface area contributed by atoms with E-state index in [4.69, 9.17) is 42.6 Å². The van der Waals surface area contributed by atoms with E-state index >= 15 is 0 Å². The van der Waals surface area contributed by atoms with E-state index in [0.29, 0.717) is 0 Å². The summed E-state index contributed by atoms with van der Waals surface area (Å²) in [6, 6.07) is 0. The normalized spacial score (nSPS) is 53.2. The van der Waals surface area contributed by atoms with Crippen LogP contribution in [0.2, 0.25) is 0 Å². The van der Waals surface area contributed by atoms with Crippen LogP contribution in [-0.4, -0.2) is 273 Å². The molecule has 0 aromatic carbocycles. The fourth-order valence-corrected chi connectivity index (χ4v) is 6.95. The lowest BCUT2D eigenvalue weighted by molar-refractivity contribution is -0.412. The Balaban J connectivity index is 1.45. The van der Waals surface area contributed by atoms with Crippen molar-refractivity contribution in [3.05, 3.63) is 0 Å². The molecule has 328 valence electrons. The zero-order valence-electron chi connectivity index (χ0n) is 29.2. The van der Waals surface area contributed by atoms with Crippen molar-refractivity contribution in [2.24, 2.45) is 0 Å². The molecular formula is C30H52O26. The van der Waals surface area contributed by atoms with Gasteiger partial charge in [-0.1, -0.05) is 0 Å². The van der Waals surface area contributed by atoms with Gasteiger partial charge in [-0.3, -0.25) is 0 Å². The molecule has 0 radical (unpaired) electrons. The van der Waals surface area contributed by atoms with Crippen LogP contribution in [0.25, 0.3) is 0 Å². The summed E-state index contributed by atoms with van der Waals surface area (Å²) in [4.78, 5) is 0. The number of ether oxygens (including phenoxy) is 9. The molecule has 0 amide bonds. The van der Waals surface area contributed by atoms with E-state index in [1.807, 2.05) is 0 Å². The van der Waals surface area contributed by atoms with Gasteiger partial charge in [-0.25, -0.2) is 0 Å². The summed E-state index contributed by atoms with van der Waals surface area (Å²) in [5.74, 6) is 0. The summed E-state index contributed by atoms with van der Waals surface area (Å²) in [6.45, 7) is -4.60. The van der Waals surface area contributed by atoms with Gasteiger partial charge in [0.15, 0.2) is 31.5 Å². The van der Waals surface area contributed by atoms with Gasteiger partial charge in [0.1, 0.15) is 122 Å². The first kappa shape index (κ1) is 46.0. The smallest absolute Gasteiger partial charge is 0.187 e. The minimum atomic E-state index is -2.16. The summed E-state index contributed by atoms with van der Waals surface area (Å²) in [5, 5.41) is 177. The number of hydrogen-bond donors (Lipinski definition) is 17. The van der Waals surface area contributed by atoms with E-state index in [1.54, 1.807) is 0 Å². The second-order valence-corrected chi connectivity index (χ2v) is 13.9. The van der Waals surface area contributed by atoms with Crippen molar-refractivity contribution in [1.29, 1.82) is 0 Å². The molecule has 5 aliphatic heterocycles. The predicted octanol–water partition coefficient (Wildman–Crippen LogP) is -11.9. The van der Waals surface area contributed by atoms with E-state index < -0.39 is 187 Å². The quantitative estimate of drug-likeness (QED) is 0.0819. The second kappa shape index (κ2) is 19.6. The highest BCUT2D eigenvalue weighted by Gasteiger charge is 2.57. The molecule has 0 spiro atoms. The molecule has 26 nitrogen and oxygen atoms in total. The van der Waals surface area contributed by atoms with Crippen molar-refractivity contribution >= 4 is 0 Å². The van der Waals surface area contributed by atoms with Gasteiger partial charge >= 0.3 is 0 Å². The van der Waals surface area contributed by atoms with Gasteiger partial charge < -0.3 is 129 Å². The molecule has 1 unspecified atom stereocenters. The van der Waals surface area contributed by atoms with Gasteiger partial charge in [-0.15, -0.1) is 0 Å². The first-order valence-electron chi connectivity index (χ1n) is 17.6. The first-order valence-corrected chi connectivity index (χ1v) is 17.6. The molecule has 17 N–H and O–H groups in total. The van der Waals surface area contributed by atoms with Gasteiger partial charge in [0.25, 0.3) is 0 Å². The Morgan fingerprint density at radius 3 is 0.857 bits per heavy atom. The third-order valence-electron chi connectivity index (χ3n) is 10.3. The van der Waals surface area contributed by atoms with Crippen LogP contribution in [0.5, 0.6) is 0 Å². The Morgan fingerprint density at radius 1 is 0.268 bits per heavy atom. The van der Waals surface area contributed by atoms with Gasteiger partial charge in [0.05, 0.1) is 33.0 Å². The highest BCUT2D eigenvalue weighted by molar-refractivity contribution is 4.98. The maximum Gasteiger partial charge on any atom is 0.187 e. The third kappa shape index (κ3) is 9.16. The second-order valence-electron chi connectivity index (χ2n) is 13.9. The minimum absolute atomic E-state index is 0.833. The lowest BCUT2D eigenvalue weighted by Crippen LogP contribution is -2.68. The summed E-state index contributed by atoms with van der Waals surface area (Å²) < 4.78 is 50.2. The molecule has 56 heavy (non-hydrogen) atoms. The molecule has 0 aromatic heterocycles.